The molecule has 0 saturated heterocycles. The number of carbonyl (C=O) groups is 1. The van der Waals surface area contributed by atoms with Gasteiger partial charge < -0.3 is 20.1 Å². The predicted octanol–water partition coefficient (Wildman–Crippen LogP) is 2.22. The third-order valence-electron chi connectivity index (χ3n) is 4.04. The molecule has 0 radical (unpaired) electrons. The van der Waals surface area contributed by atoms with Crippen molar-refractivity contribution < 1.29 is 14.6 Å². The van der Waals surface area contributed by atoms with E-state index >= 15 is 0 Å². The lowest BCUT2D eigenvalue weighted by Crippen LogP contribution is -2.26. The summed E-state index contributed by atoms with van der Waals surface area (Å²) in [4.78, 5) is 27.3. The number of amides is 1. The maximum absolute atomic E-state index is 12.4. The second-order valence-corrected chi connectivity index (χ2v) is 5.53. The zero-order chi connectivity index (χ0) is 16.4. The van der Waals surface area contributed by atoms with Gasteiger partial charge in [-0.2, -0.15) is 0 Å². The highest BCUT2D eigenvalue weighted by Gasteiger charge is 2.24. The van der Waals surface area contributed by atoms with Crippen LogP contribution in [0.3, 0.4) is 0 Å². The summed E-state index contributed by atoms with van der Waals surface area (Å²) in [6.45, 7) is 0. The fourth-order valence-corrected chi connectivity index (χ4v) is 2.87. The van der Waals surface area contributed by atoms with Gasteiger partial charge in [0.1, 0.15) is 17.1 Å². The molecule has 6 heteroatoms. The summed E-state index contributed by atoms with van der Waals surface area (Å²) in [6, 6.07) is 6.80. The Morgan fingerprint density at radius 2 is 2.09 bits per heavy atom. The Bertz CT molecular complexity index is 811. The second-order valence-electron chi connectivity index (χ2n) is 5.53. The first kappa shape index (κ1) is 15.1. The number of anilines is 1. The summed E-state index contributed by atoms with van der Waals surface area (Å²) in [6.07, 6.45) is 3.29. The van der Waals surface area contributed by atoms with Gasteiger partial charge in [0.25, 0.3) is 11.5 Å². The highest BCUT2D eigenvalue weighted by molar-refractivity contribution is 6.06. The lowest BCUT2D eigenvalue weighted by molar-refractivity contribution is 0.102. The number of nitrogens with one attached hydrogen (secondary N) is 2. The number of carbonyl (C=O) groups excluding carboxylic acids is 1. The number of pyridine rings is 1. The van der Waals surface area contributed by atoms with Gasteiger partial charge in [-0.1, -0.05) is 6.07 Å². The van der Waals surface area contributed by atoms with E-state index in [2.05, 4.69) is 10.3 Å². The van der Waals surface area contributed by atoms with Gasteiger partial charge in [0, 0.05) is 23.0 Å². The fourth-order valence-electron chi connectivity index (χ4n) is 2.87. The molecular formula is C17H18N2O4. The van der Waals surface area contributed by atoms with Crippen molar-refractivity contribution >= 4 is 11.6 Å². The van der Waals surface area contributed by atoms with Crippen LogP contribution in [0.25, 0.3) is 0 Å². The summed E-state index contributed by atoms with van der Waals surface area (Å²) in [5.74, 6) is -0.249. The molecule has 23 heavy (non-hydrogen) atoms. The molecule has 3 rings (SSSR count). The van der Waals surface area contributed by atoms with Crippen molar-refractivity contribution in [3.8, 4) is 11.5 Å². The Morgan fingerprint density at radius 1 is 1.30 bits per heavy atom. The van der Waals surface area contributed by atoms with E-state index in [0.29, 0.717) is 23.4 Å². The van der Waals surface area contributed by atoms with Crippen LogP contribution in [-0.2, 0) is 12.8 Å². The molecule has 1 amide bonds. The molecule has 120 valence electrons. The number of ether oxygens (including phenoxy) is 1. The van der Waals surface area contributed by atoms with Crippen LogP contribution in [0.4, 0.5) is 5.69 Å². The molecule has 1 aliphatic carbocycles. The summed E-state index contributed by atoms with van der Waals surface area (Å²) >= 11 is 0. The van der Waals surface area contributed by atoms with E-state index in [9.17, 15) is 14.7 Å². The maximum Gasteiger partial charge on any atom is 0.265 e. The number of hydrogen-bond acceptors (Lipinski definition) is 4. The predicted molar refractivity (Wildman–Crippen MR) is 86.3 cm³/mol. The summed E-state index contributed by atoms with van der Waals surface area (Å²) in [5, 5.41) is 13.0. The summed E-state index contributed by atoms with van der Waals surface area (Å²) < 4.78 is 5.10. The lowest BCUT2D eigenvalue weighted by atomic mass is 9.93. The molecule has 0 spiro atoms. The number of aryl methyl sites for hydroxylation is 1. The van der Waals surface area contributed by atoms with Gasteiger partial charge in [-0.15, -0.1) is 0 Å². The van der Waals surface area contributed by atoms with Crippen molar-refractivity contribution in [1.82, 2.24) is 4.98 Å². The first-order valence-corrected chi connectivity index (χ1v) is 7.52. The minimum Gasteiger partial charge on any atom is -0.507 e. The van der Waals surface area contributed by atoms with Crippen molar-refractivity contribution in [3.63, 3.8) is 0 Å². The minimum absolute atomic E-state index is 0.205. The third kappa shape index (κ3) is 2.92. The number of aromatic nitrogens is 1. The van der Waals surface area contributed by atoms with Crippen LogP contribution in [0.1, 0.15) is 34.5 Å². The van der Waals surface area contributed by atoms with Crippen LogP contribution in [0, 0.1) is 0 Å². The summed E-state index contributed by atoms with van der Waals surface area (Å²) in [5.41, 5.74) is 1.09. The minimum atomic E-state index is -0.634. The fraction of sp³-hybridized carbons (Fsp3) is 0.294. The molecule has 0 saturated carbocycles. The van der Waals surface area contributed by atoms with E-state index in [1.54, 1.807) is 24.3 Å². The Balaban J connectivity index is 1.94. The number of fused-ring (bicyclic) bond motifs is 1. The molecule has 0 bridgehead atoms. The van der Waals surface area contributed by atoms with Gasteiger partial charge in [0.05, 0.1) is 7.11 Å². The smallest absolute Gasteiger partial charge is 0.265 e. The van der Waals surface area contributed by atoms with E-state index in [0.717, 1.165) is 25.0 Å². The molecule has 0 atom stereocenters. The van der Waals surface area contributed by atoms with Gasteiger partial charge in [0.2, 0.25) is 0 Å². The largest absolute Gasteiger partial charge is 0.507 e. The number of aromatic amines is 1. The molecule has 0 fully saturated rings. The highest BCUT2D eigenvalue weighted by Crippen LogP contribution is 2.29. The Kier molecular flexibility index (Phi) is 4.06. The van der Waals surface area contributed by atoms with Crippen molar-refractivity contribution in [3.05, 3.63) is 51.4 Å². The number of hydrogen-bond donors (Lipinski definition) is 3. The van der Waals surface area contributed by atoms with E-state index < -0.39 is 11.5 Å². The molecule has 1 heterocycles. The van der Waals surface area contributed by atoms with E-state index in [-0.39, 0.29) is 11.3 Å². The molecule has 2 aromatic rings. The number of benzene rings is 1. The summed E-state index contributed by atoms with van der Waals surface area (Å²) in [7, 11) is 1.53. The average molecular weight is 314 g/mol. The average Bonchev–Trinajstić information content (AvgIpc) is 2.55. The number of aromatic hydroxyl groups is 1. The third-order valence-corrected chi connectivity index (χ3v) is 4.04. The molecule has 1 aliphatic rings. The molecule has 1 aromatic carbocycles. The first-order chi connectivity index (χ1) is 11.1. The van der Waals surface area contributed by atoms with Crippen LogP contribution in [0.5, 0.6) is 11.5 Å². The van der Waals surface area contributed by atoms with E-state index in [1.807, 2.05) is 0 Å². The molecular weight excluding hydrogens is 296 g/mol. The Hall–Kier alpha value is -2.76. The Morgan fingerprint density at radius 3 is 2.87 bits per heavy atom. The lowest BCUT2D eigenvalue weighted by Gasteiger charge is -2.18. The van der Waals surface area contributed by atoms with E-state index in [4.69, 9.17) is 4.74 Å². The normalized spacial score (nSPS) is 13.3. The first-order valence-electron chi connectivity index (χ1n) is 7.52. The SMILES string of the molecule is COc1cccc(NC(=O)c2c(O)c3c([nH]c2=O)CCCC3)c1. The van der Waals surface area contributed by atoms with Crippen molar-refractivity contribution in [2.24, 2.45) is 0 Å². The van der Waals surface area contributed by atoms with Gasteiger partial charge in [0.15, 0.2) is 0 Å². The van der Waals surface area contributed by atoms with E-state index in [1.165, 1.54) is 7.11 Å². The zero-order valence-corrected chi connectivity index (χ0v) is 12.8. The standard InChI is InChI=1S/C17H18N2O4/c1-23-11-6-4-5-10(9-11)18-16(21)14-15(20)12-7-2-3-8-13(12)19-17(14)22/h4-6,9H,2-3,7-8H2,1H3,(H,18,21)(H2,19,20,22). The van der Waals surface area contributed by atoms with Crippen LogP contribution >= 0.6 is 0 Å². The Labute approximate surface area is 133 Å². The molecule has 6 nitrogen and oxygen atoms in total. The van der Waals surface area contributed by atoms with Crippen LogP contribution in [-0.4, -0.2) is 23.1 Å². The monoisotopic (exact) mass is 314 g/mol. The van der Waals surface area contributed by atoms with Gasteiger partial charge in [-0.05, 0) is 37.8 Å². The van der Waals surface area contributed by atoms with Crippen molar-refractivity contribution in [1.29, 1.82) is 0 Å². The zero-order valence-electron chi connectivity index (χ0n) is 12.8. The van der Waals surface area contributed by atoms with Crippen molar-refractivity contribution in [2.45, 2.75) is 25.7 Å². The van der Waals surface area contributed by atoms with Crippen LogP contribution < -0.4 is 15.6 Å². The molecule has 1 aromatic heterocycles. The van der Waals surface area contributed by atoms with Crippen molar-refractivity contribution in [2.75, 3.05) is 12.4 Å². The van der Waals surface area contributed by atoms with Gasteiger partial charge >= 0.3 is 0 Å². The number of rotatable bonds is 3. The second kappa shape index (κ2) is 6.16. The van der Waals surface area contributed by atoms with Gasteiger partial charge in [-0.25, -0.2) is 0 Å². The number of methoxy groups -OCH3 is 1. The van der Waals surface area contributed by atoms with Crippen LogP contribution in [0.15, 0.2) is 29.1 Å². The quantitative estimate of drug-likeness (QED) is 0.810. The highest BCUT2D eigenvalue weighted by atomic mass is 16.5. The molecule has 3 N–H and O–H groups in total. The van der Waals surface area contributed by atoms with Crippen LogP contribution in [0.2, 0.25) is 0 Å². The maximum atomic E-state index is 12.4. The molecule has 0 unspecified atom stereocenters. The topological polar surface area (TPSA) is 91.4 Å². The van der Waals surface area contributed by atoms with Gasteiger partial charge in [-0.3, -0.25) is 9.59 Å². The number of H-pyrrole nitrogens is 1. The molecule has 0 aliphatic heterocycles.